The topological polar surface area (TPSA) is 0 Å². The molecule has 1 atom stereocenters. The molecule has 0 heterocycles. The Morgan fingerprint density at radius 3 is 1.53 bits per heavy atom. The van der Waals surface area contributed by atoms with E-state index < -0.39 is 0 Å². The summed E-state index contributed by atoms with van der Waals surface area (Å²) in [6.07, 6.45) is 25.9. The number of hydrogen-bond acceptors (Lipinski definition) is 0. The van der Waals surface area contributed by atoms with Gasteiger partial charge >= 0.3 is 0 Å². The van der Waals surface area contributed by atoms with Crippen molar-refractivity contribution in [1.29, 1.82) is 0 Å². The van der Waals surface area contributed by atoms with Gasteiger partial charge in [0.2, 0.25) is 0 Å². The molecule has 1 aromatic rings. The van der Waals surface area contributed by atoms with Gasteiger partial charge in [0.05, 0.1) is 0 Å². The molecule has 0 aliphatic heterocycles. The van der Waals surface area contributed by atoms with Crippen LogP contribution in [0.4, 0.5) is 0 Å². The van der Waals surface area contributed by atoms with Crippen molar-refractivity contribution in [2.45, 2.75) is 129 Å². The third-order valence-corrected chi connectivity index (χ3v) is 10.2. The summed E-state index contributed by atoms with van der Waals surface area (Å²) in [6.45, 7) is 4.81. The molecule has 0 nitrogen and oxygen atoms in total. The maximum atomic E-state index is 2.44. The molecule has 0 saturated heterocycles. The van der Waals surface area contributed by atoms with Crippen LogP contribution in [0, 0.1) is 35.5 Å². The third-order valence-electron chi connectivity index (χ3n) is 10.2. The van der Waals surface area contributed by atoms with Crippen LogP contribution in [-0.2, 0) is 0 Å². The van der Waals surface area contributed by atoms with Crippen LogP contribution in [0.15, 0.2) is 30.3 Å². The zero-order chi connectivity index (χ0) is 22.2. The highest BCUT2D eigenvalue weighted by molar-refractivity contribution is 5.18. The highest BCUT2D eigenvalue weighted by atomic mass is 14.4. The predicted molar refractivity (Wildman–Crippen MR) is 140 cm³/mol. The second-order valence-corrected chi connectivity index (χ2v) is 12.4. The van der Waals surface area contributed by atoms with E-state index in [1.807, 2.05) is 0 Å². The summed E-state index contributed by atoms with van der Waals surface area (Å²) < 4.78 is 0. The molecule has 0 unspecified atom stereocenters. The first kappa shape index (κ1) is 24.3. The Labute approximate surface area is 200 Å². The Bertz CT molecular complexity index is 609. The second-order valence-electron chi connectivity index (χ2n) is 12.4. The lowest BCUT2D eigenvalue weighted by Gasteiger charge is -2.39. The van der Waals surface area contributed by atoms with Crippen molar-refractivity contribution in [3.63, 3.8) is 0 Å². The van der Waals surface area contributed by atoms with Crippen molar-refractivity contribution in [2.24, 2.45) is 35.5 Å². The van der Waals surface area contributed by atoms with Crippen molar-refractivity contribution in [2.75, 3.05) is 0 Å². The van der Waals surface area contributed by atoms with Crippen LogP contribution < -0.4 is 0 Å². The van der Waals surface area contributed by atoms with E-state index in [1.54, 1.807) is 56.9 Å². The third kappa shape index (κ3) is 7.11. The zero-order valence-electron chi connectivity index (χ0n) is 21.4. The Balaban J connectivity index is 1.09. The van der Waals surface area contributed by atoms with Crippen molar-refractivity contribution in [3.05, 3.63) is 35.9 Å². The van der Waals surface area contributed by atoms with Crippen LogP contribution in [0.1, 0.15) is 134 Å². The van der Waals surface area contributed by atoms with E-state index in [0.29, 0.717) is 0 Å². The van der Waals surface area contributed by atoms with E-state index in [1.165, 1.54) is 57.8 Å². The summed E-state index contributed by atoms with van der Waals surface area (Å²) in [5.41, 5.74) is 1.54. The zero-order valence-corrected chi connectivity index (χ0v) is 21.4. The second kappa shape index (κ2) is 12.6. The first-order valence-corrected chi connectivity index (χ1v) is 14.8. The molecule has 0 bridgehead atoms. The van der Waals surface area contributed by atoms with Crippen LogP contribution in [0.2, 0.25) is 0 Å². The molecule has 0 amide bonds. The highest BCUT2D eigenvalue weighted by Gasteiger charge is 2.31. The van der Waals surface area contributed by atoms with Crippen LogP contribution in [0.5, 0.6) is 0 Å². The fourth-order valence-corrected chi connectivity index (χ4v) is 7.95. The highest BCUT2D eigenvalue weighted by Crippen LogP contribution is 2.44. The van der Waals surface area contributed by atoms with E-state index >= 15 is 0 Å². The van der Waals surface area contributed by atoms with Crippen LogP contribution >= 0.6 is 0 Å². The van der Waals surface area contributed by atoms with Crippen LogP contribution in [0.3, 0.4) is 0 Å². The summed E-state index contributed by atoms with van der Waals surface area (Å²) in [5, 5.41) is 0. The minimum absolute atomic E-state index is 0.731. The number of hydrogen-bond donors (Lipinski definition) is 0. The Hall–Kier alpha value is -0.780. The first-order chi connectivity index (χ1) is 15.7. The molecular weight excluding hydrogens is 384 g/mol. The van der Waals surface area contributed by atoms with Gasteiger partial charge in [0.1, 0.15) is 0 Å². The fourth-order valence-electron chi connectivity index (χ4n) is 7.95. The molecule has 3 saturated carbocycles. The molecule has 0 radical (unpaired) electrons. The van der Waals surface area contributed by atoms with E-state index in [-0.39, 0.29) is 0 Å². The SMILES string of the molecule is CCCC1CCC(CCC2CCC(C3CCC(C[C@H](C)c4ccccc4)CC3)CC2)CC1. The van der Waals surface area contributed by atoms with Crippen molar-refractivity contribution in [3.8, 4) is 0 Å². The summed E-state index contributed by atoms with van der Waals surface area (Å²) >= 11 is 0. The van der Waals surface area contributed by atoms with E-state index in [2.05, 4.69) is 44.2 Å². The molecule has 0 heteroatoms. The largest absolute Gasteiger partial charge is 0.0654 e. The quantitative estimate of drug-likeness (QED) is 0.361. The molecule has 32 heavy (non-hydrogen) atoms. The van der Waals surface area contributed by atoms with Gasteiger partial charge in [-0.25, -0.2) is 0 Å². The maximum absolute atomic E-state index is 2.44. The Morgan fingerprint density at radius 2 is 1.03 bits per heavy atom. The molecule has 4 rings (SSSR count). The first-order valence-electron chi connectivity index (χ1n) is 14.8. The van der Waals surface area contributed by atoms with Crippen molar-refractivity contribution in [1.82, 2.24) is 0 Å². The van der Waals surface area contributed by atoms with Crippen LogP contribution in [-0.4, -0.2) is 0 Å². The molecule has 180 valence electrons. The van der Waals surface area contributed by atoms with Gasteiger partial charge in [-0.1, -0.05) is 121 Å². The van der Waals surface area contributed by atoms with Crippen molar-refractivity contribution < 1.29 is 0 Å². The van der Waals surface area contributed by atoms with E-state index in [4.69, 9.17) is 0 Å². The molecule has 0 spiro atoms. The molecule has 0 aromatic heterocycles. The minimum atomic E-state index is 0.731. The maximum Gasteiger partial charge on any atom is -0.0188 e. The normalized spacial score (nSPS) is 34.8. The van der Waals surface area contributed by atoms with Gasteiger partial charge in [0.15, 0.2) is 0 Å². The summed E-state index contributed by atoms with van der Waals surface area (Å²) in [4.78, 5) is 0. The minimum Gasteiger partial charge on any atom is -0.0654 e. The van der Waals surface area contributed by atoms with Gasteiger partial charge in [0.25, 0.3) is 0 Å². The van der Waals surface area contributed by atoms with Gasteiger partial charge < -0.3 is 0 Å². The van der Waals surface area contributed by atoms with E-state index in [9.17, 15) is 0 Å². The molecule has 0 N–H and O–H groups in total. The van der Waals surface area contributed by atoms with Crippen LogP contribution in [0.25, 0.3) is 0 Å². The fraction of sp³-hybridized carbons (Fsp3) is 0.812. The average Bonchev–Trinajstić information content (AvgIpc) is 2.85. The number of rotatable bonds is 9. The lowest BCUT2D eigenvalue weighted by atomic mass is 9.67. The monoisotopic (exact) mass is 436 g/mol. The molecule has 1 aromatic carbocycles. The summed E-state index contributed by atoms with van der Waals surface area (Å²) in [5.74, 6) is 7.07. The van der Waals surface area contributed by atoms with Gasteiger partial charge in [0, 0.05) is 0 Å². The molecule has 3 fully saturated rings. The smallest absolute Gasteiger partial charge is 0.0188 e. The lowest BCUT2D eigenvalue weighted by molar-refractivity contribution is 0.135. The summed E-state index contributed by atoms with van der Waals surface area (Å²) in [6, 6.07) is 11.2. The van der Waals surface area contributed by atoms with E-state index in [0.717, 1.165) is 41.4 Å². The predicted octanol–water partition coefficient (Wildman–Crippen LogP) is 10.2. The summed E-state index contributed by atoms with van der Waals surface area (Å²) in [7, 11) is 0. The Kier molecular flexibility index (Phi) is 9.60. The Morgan fingerprint density at radius 1 is 0.594 bits per heavy atom. The standard InChI is InChI=1S/C32H52/c1-3-7-26-10-12-27(13-11-26)14-15-28-16-20-31(21-17-28)32-22-18-29(19-23-32)24-25(2)30-8-5-4-6-9-30/h4-6,8-9,25-29,31-32H,3,7,10-24H2,1-2H3/t25-,26?,27?,28?,29?,31?,32?/m0/s1. The molecular formula is C32H52. The molecule has 3 aliphatic rings. The number of benzene rings is 1. The van der Waals surface area contributed by atoms with Gasteiger partial charge in [-0.2, -0.15) is 0 Å². The van der Waals surface area contributed by atoms with Gasteiger partial charge in [-0.15, -0.1) is 0 Å². The van der Waals surface area contributed by atoms with Crippen molar-refractivity contribution >= 4 is 0 Å². The van der Waals surface area contributed by atoms with Gasteiger partial charge in [-0.05, 0) is 79.1 Å². The van der Waals surface area contributed by atoms with Gasteiger partial charge in [-0.3, -0.25) is 0 Å². The average molecular weight is 437 g/mol. The lowest BCUT2D eigenvalue weighted by Crippen LogP contribution is -2.26. The molecule has 3 aliphatic carbocycles.